The lowest BCUT2D eigenvalue weighted by Crippen LogP contribution is -2.50. The highest BCUT2D eigenvalue weighted by molar-refractivity contribution is 6.43. The van der Waals surface area contributed by atoms with Gasteiger partial charge in [-0.15, -0.1) is 0 Å². The second kappa shape index (κ2) is 7.38. The molecule has 3 heterocycles. The summed E-state index contributed by atoms with van der Waals surface area (Å²) in [5.74, 6) is -1.05. The van der Waals surface area contributed by atoms with E-state index in [0.717, 1.165) is 0 Å². The van der Waals surface area contributed by atoms with Crippen molar-refractivity contribution in [3.8, 4) is 0 Å². The van der Waals surface area contributed by atoms with E-state index in [1.165, 1.54) is 18.2 Å². The molecular formula is C20H19FN4O3. The molecule has 4 rings (SSSR count). The van der Waals surface area contributed by atoms with Gasteiger partial charge in [0.05, 0.1) is 18.4 Å². The van der Waals surface area contributed by atoms with E-state index < -0.39 is 11.4 Å². The van der Waals surface area contributed by atoms with Crippen molar-refractivity contribution in [1.82, 2.24) is 9.88 Å². The number of hydrogen-bond acceptors (Lipinski definition) is 5. The van der Waals surface area contributed by atoms with E-state index in [4.69, 9.17) is 4.84 Å². The Bertz CT molecular complexity index is 934. The Labute approximate surface area is 161 Å². The van der Waals surface area contributed by atoms with Crippen LogP contribution in [0.1, 0.15) is 29.6 Å². The zero-order valence-corrected chi connectivity index (χ0v) is 15.1. The highest BCUT2D eigenvalue weighted by atomic mass is 19.1. The van der Waals surface area contributed by atoms with E-state index in [9.17, 15) is 14.0 Å². The number of piperidine rings is 1. The highest BCUT2D eigenvalue weighted by Crippen LogP contribution is 2.34. The first-order valence-electron chi connectivity index (χ1n) is 9.06. The van der Waals surface area contributed by atoms with E-state index >= 15 is 0 Å². The molecule has 1 fully saturated rings. The molecule has 7 nitrogen and oxygen atoms in total. The molecule has 8 heteroatoms. The average Bonchev–Trinajstić information content (AvgIpc) is 3.11. The van der Waals surface area contributed by atoms with Gasteiger partial charge < -0.3 is 15.1 Å². The zero-order valence-electron chi connectivity index (χ0n) is 15.1. The van der Waals surface area contributed by atoms with Gasteiger partial charge in [-0.1, -0.05) is 11.2 Å². The second-order valence-corrected chi connectivity index (χ2v) is 7.03. The standard InChI is InChI=1S/C20H19FN4O3/c21-15-5-1-4-14(10-15)19(27)25-9-3-7-20(13-25)11-17(24-28-20)18(26)23-16-6-2-8-22-12-16/h1-2,4-6,8,10,12H,3,7,9,11,13H2,(H,23,26). The van der Waals surface area contributed by atoms with E-state index in [1.54, 1.807) is 35.5 Å². The molecule has 0 saturated carbocycles. The lowest BCUT2D eigenvalue weighted by atomic mass is 9.87. The molecule has 144 valence electrons. The van der Waals surface area contributed by atoms with Gasteiger partial charge in [-0.25, -0.2) is 4.39 Å². The van der Waals surface area contributed by atoms with Crippen molar-refractivity contribution >= 4 is 23.2 Å². The SMILES string of the molecule is O=C(Nc1cccnc1)C1=NOC2(CCCN(C(=O)c3cccc(F)c3)C2)C1. The first-order valence-corrected chi connectivity index (χ1v) is 9.06. The largest absolute Gasteiger partial charge is 0.386 e. The van der Waals surface area contributed by atoms with Crippen molar-refractivity contribution in [2.75, 3.05) is 18.4 Å². The molecule has 1 unspecified atom stereocenters. The monoisotopic (exact) mass is 382 g/mol. The fraction of sp³-hybridized carbons (Fsp3) is 0.300. The van der Waals surface area contributed by atoms with Crippen LogP contribution in [0, 0.1) is 5.82 Å². The molecule has 0 bridgehead atoms. The Morgan fingerprint density at radius 3 is 2.93 bits per heavy atom. The molecule has 2 aromatic rings. The van der Waals surface area contributed by atoms with Gasteiger partial charge in [0.1, 0.15) is 11.5 Å². The summed E-state index contributed by atoms with van der Waals surface area (Å²) in [4.78, 5) is 36.4. The Balaban J connectivity index is 1.42. The Morgan fingerprint density at radius 2 is 2.14 bits per heavy atom. The minimum absolute atomic E-state index is 0.254. The number of pyridine rings is 1. The number of aromatic nitrogens is 1. The minimum Gasteiger partial charge on any atom is -0.386 e. The number of nitrogens with one attached hydrogen (secondary N) is 1. The summed E-state index contributed by atoms with van der Waals surface area (Å²) in [7, 11) is 0. The van der Waals surface area contributed by atoms with Crippen LogP contribution < -0.4 is 5.32 Å². The molecule has 2 amide bonds. The van der Waals surface area contributed by atoms with Crippen molar-refractivity contribution in [1.29, 1.82) is 0 Å². The van der Waals surface area contributed by atoms with E-state index in [-0.39, 0.29) is 17.5 Å². The zero-order chi connectivity index (χ0) is 19.6. The lowest BCUT2D eigenvalue weighted by Gasteiger charge is -2.38. The molecule has 1 spiro atoms. The predicted molar refractivity (Wildman–Crippen MR) is 100 cm³/mol. The maximum absolute atomic E-state index is 13.4. The Morgan fingerprint density at radius 1 is 1.25 bits per heavy atom. The quantitative estimate of drug-likeness (QED) is 0.885. The van der Waals surface area contributed by atoms with Gasteiger partial charge in [0.25, 0.3) is 11.8 Å². The van der Waals surface area contributed by atoms with Crippen LogP contribution in [0.2, 0.25) is 0 Å². The third-order valence-corrected chi connectivity index (χ3v) is 4.92. The Kier molecular flexibility index (Phi) is 4.77. The summed E-state index contributed by atoms with van der Waals surface area (Å²) in [5.41, 5.74) is 0.431. The van der Waals surface area contributed by atoms with Crippen LogP contribution in [0.25, 0.3) is 0 Å². The van der Waals surface area contributed by atoms with Crippen LogP contribution in [0.15, 0.2) is 53.9 Å². The number of benzene rings is 1. The number of amides is 2. The van der Waals surface area contributed by atoms with Gasteiger partial charge in [0.2, 0.25) is 0 Å². The average molecular weight is 382 g/mol. The summed E-state index contributed by atoms with van der Waals surface area (Å²) in [6.07, 6.45) is 4.88. The Hall–Kier alpha value is -3.29. The summed E-state index contributed by atoms with van der Waals surface area (Å²) in [6.45, 7) is 0.854. The molecular weight excluding hydrogens is 363 g/mol. The van der Waals surface area contributed by atoms with Crippen molar-refractivity contribution in [3.63, 3.8) is 0 Å². The van der Waals surface area contributed by atoms with Gasteiger partial charge >= 0.3 is 0 Å². The van der Waals surface area contributed by atoms with Crippen LogP contribution in [-0.4, -0.2) is 46.1 Å². The molecule has 1 aromatic carbocycles. The van der Waals surface area contributed by atoms with Crippen LogP contribution in [-0.2, 0) is 9.63 Å². The number of halogens is 1. The molecule has 0 radical (unpaired) electrons. The van der Waals surface area contributed by atoms with Crippen molar-refractivity contribution < 1.29 is 18.8 Å². The fourth-order valence-electron chi connectivity index (χ4n) is 3.58. The number of hydrogen-bond donors (Lipinski definition) is 1. The number of carbonyl (C=O) groups excluding carboxylic acids is 2. The van der Waals surface area contributed by atoms with Gasteiger partial charge in [0, 0.05) is 24.7 Å². The van der Waals surface area contributed by atoms with Crippen LogP contribution >= 0.6 is 0 Å². The first kappa shape index (κ1) is 18.1. The molecule has 2 aliphatic heterocycles. The third kappa shape index (κ3) is 3.71. The van der Waals surface area contributed by atoms with Crippen molar-refractivity contribution in [3.05, 3.63) is 60.2 Å². The number of nitrogens with zero attached hydrogens (tertiary/aromatic N) is 3. The number of anilines is 1. The number of oxime groups is 1. The molecule has 1 aromatic heterocycles. The summed E-state index contributed by atoms with van der Waals surface area (Å²) in [5, 5.41) is 6.71. The fourth-order valence-corrected chi connectivity index (χ4v) is 3.58. The van der Waals surface area contributed by atoms with E-state index in [1.807, 2.05) is 0 Å². The molecule has 1 N–H and O–H groups in total. The second-order valence-electron chi connectivity index (χ2n) is 7.03. The van der Waals surface area contributed by atoms with Crippen LogP contribution in [0.5, 0.6) is 0 Å². The normalized spacial score (nSPS) is 21.2. The van der Waals surface area contributed by atoms with Gasteiger partial charge in [-0.3, -0.25) is 14.6 Å². The van der Waals surface area contributed by atoms with Crippen LogP contribution in [0.4, 0.5) is 10.1 Å². The first-order chi connectivity index (χ1) is 13.5. The van der Waals surface area contributed by atoms with Crippen molar-refractivity contribution in [2.24, 2.45) is 5.16 Å². The van der Waals surface area contributed by atoms with E-state index in [0.29, 0.717) is 43.6 Å². The van der Waals surface area contributed by atoms with Gasteiger partial charge in [0.15, 0.2) is 5.60 Å². The van der Waals surface area contributed by atoms with Gasteiger partial charge in [-0.2, -0.15) is 0 Å². The maximum Gasteiger partial charge on any atom is 0.273 e. The third-order valence-electron chi connectivity index (χ3n) is 4.92. The number of rotatable bonds is 3. The van der Waals surface area contributed by atoms with Gasteiger partial charge in [-0.05, 0) is 43.2 Å². The molecule has 1 atom stereocenters. The molecule has 2 aliphatic rings. The van der Waals surface area contributed by atoms with E-state index in [2.05, 4.69) is 15.5 Å². The minimum atomic E-state index is -0.719. The number of likely N-dealkylation sites (tertiary alicyclic amines) is 1. The number of carbonyl (C=O) groups is 2. The molecule has 1 saturated heterocycles. The van der Waals surface area contributed by atoms with Crippen LogP contribution in [0.3, 0.4) is 0 Å². The summed E-state index contributed by atoms with van der Waals surface area (Å²) in [6, 6.07) is 9.08. The lowest BCUT2D eigenvalue weighted by molar-refractivity contribution is -0.110. The maximum atomic E-state index is 13.4. The summed E-state index contributed by atoms with van der Waals surface area (Å²) < 4.78 is 13.4. The predicted octanol–water partition coefficient (Wildman–Crippen LogP) is 2.61. The van der Waals surface area contributed by atoms with Crippen molar-refractivity contribution in [2.45, 2.75) is 24.9 Å². The molecule has 28 heavy (non-hydrogen) atoms. The smallest absolute Gasteiger partial charge is 0.273 e. The molecule has 0 aliphatic carbocycles. The highest BCUT2D eigenvalue weighted by Gasteiger charge is 2.45. The topological polar surface area (TPSA) is 83.9 Å². The summed E-state index contributed by atoms with van der Waals surface area (Å²) >= 11 is 0.